The number of H-pyrrole nitrogens is 1. The number of amides is 4. The van der Waals surface area contributed by atoms with Gasteiger partial charge in [0, 0.05) is 93.5 Å². The highest BCUT2D eigenvalue weighted by molar-refractivity contribution is 8.76. The number of anilines is 2. The number of benzene rings is 1. The molecule has 6 rings (SSSR count). The van der Waals surface area contributed by atoms with Crippen LogP contribution < -0.4 is 48.9 Å². The molecule has 11 N–H and O–H groups in total. The van der Waals surface area contributed by atoms with Gasteiger partial charge in [-0.1, -0.05) is 39.3 Å². The number of nitrogen functional groups attached to an aromatic ring is 1. The van der Waals surface area contributed by atoms with Crippen molar-refractivity contribution in [1.29, 1.82) is 0 Å². The molecule has 3 aromatic rings. The zero-order valence-corrected chi connectivity index (χ0v) is 39.2. The van der Waals surface area contributed by atoms with E-state index in [0.29, 0.717) is 79.7 Å². The van der Waals surface area contributed by atoms with Crippen LogP contribution in [0.15, 0.2) is 57.8 Å². The number of aromatic amines is 1. The Morgan fingerprint density at radius 1 is 0.939 bits per heavy atom. The van der Waals surface area contributed by atoms with Crippen molar-refractivity contribution in [2.45, 2.75) is 58.7 Å². The van der Waals surface area contributed by atoms with Crippen LogP contribution in [0.5, 0.6) is 0 Å². The van der Waals surface area contributed by atoms with Crippen LogP contribution in [-0.2, 0) is 40.0 Å². The summed E-state index contributed by atoms with van der Waals surface area (Å²) in [6.07, 6.45) is 2.25. The number of ether oxygens (including phenoxy) is 2. The average Bonchev–Trinajstić information content (AvgIpc) is 3.83. The second-order valence-electron chi connectivity index (χ2n) is 15.1. The SMILES string of the molecule is CC1=C(NCCSSCCNC(=O)CCNC(=O)CCCNC=O)C(=O)C2=C(C1=O)N1CNC(C)C1C2COC(N)=O.COC.Cc1ccc(NCc2cnc3nc(N)[nH]c(=O)c3n2)cc1. The van der Waals surface area contributed by atoms with Crippen molar-refractivity contribution in [3.05, 3.63) is 74.6 Å². The van der Waals surface area contributed by atoms with E-state index in [1.807, 2.05) is 43.0 Å². The van der Waals surface area contributed by atoms with Gasteiger partial charge in [0.2, 0.25) is 35.7 Å². The zero-order valence-electron chi connectivity index (χ0n) is 37.6. The van der Waals surface area contributed by atoms with Gasteiger partial charge in [-0.05, 0) is 39.3 Å². The maximum atomic E-state index is 13.6. The number of carbonyl (C=O) groups is 6. The van der Waals surface area contributed by atoms with Crippen molar-refractivity contribution in [3.63, 3.8) is 0 Å². The van der Waals surface area contributed by atoms with Gasteiger partial charge in [-0.2, -0.15) is 4.98 Å². The summed E-state index contributed by atoms with van der Waals surface area (Å²) in [5, 5.41) is 17.6. The molecule has 0 saturated carbocycles. The number of nitrogens with two attached hydrogens (primary N) is 2. The fraction of sp³-hybridized carbons (Fsp3) is 0.476. The van der Waals surface area contributed by atoms with Crippen LogP contribution in [0.25, 0.3) is 11.2 Å². The lowest BCUT2D eigenvalue weighted by molar-refractivity contribution is -0.122. The van der Waals surface area contributed by atoms with Gasteiger partial charge in [-0.25, -0.2) is 14.8 Å². The molecule has 0 radical (unpaired) electrons. The molecule has 2 aliphatic heterocycles. The quantitative estimate of drug-likeness (QED) is 0.0306. The van der Waals surface area contributed by atoms with Crippen molar-refractivity contribution < 1.29 is 38.2 Å². The molecule has 1 saturated heterocycles. The summed E-state index contributed by atoms with van der Waals surface area (Å²) in [5.74, 6) is 0.115. The first-order valence-corrected chi connectivity index (χ1v) is 23.6. The number of carbonyl (C=O) groups excluding carboxylic acids is 6. The van der Waals surface area contributed by atoms with Gasteiger partial charge in [0.15, 0.2) is 11.2 Å². The van der Waals surface area contributed by atoms with Gasteiger partial charge >= 0.3 is 6.09 Å². The molecule has 4 amide bonds. The molecular formula is C42H59N13O9S2. The highest BCUT2D eigenvalue weighted by Crippen LogP contribution is 2.43. The third-order valence-electron chi connectivity index (χ3n) is 10.2. The molecule has 3 atom stereocenters. The number of allylic oxidation sites excluding steroid dienone is 2. The first kappa shape index (κ1) is 52.4. The molecule has 0 bridgehead atoms. The Bertz CT molecular complexity index is 2310. The minimum atomic E-state index is -0.927. The van der Waals surface area contributed by atoms with Crippen LogP contribution >= 0.6 is 21.6 Å². The molecule has 66 heavy (non-hydrogen) atoms. The number of methoxy groups -OCH3 is 1. The van der Waals surface area contributed by atoms with Crippen LogP contribution in [0.2, 0.25) is 0 Å². The number of fused-ring (bicyclic) bond motifs is 3. The standard InChI is InChI=1S/C26H39N7O7S2.C14H14N6O.C2H6O/c1-15-21(25(38)20-17(12-40-26(27)39)22-16(2)32-13-33(22)23(20)24(15)37)31-9-11-42-41-10-8-30-19(36)5-7-29-18(35)4-3-6-28-14-34;1-8-2-4-9(5-3-8)16-6-10-7-17-12-11(18-10)13(21)20-14(15)19-12;1-3-2/h14,16-17,22,31-32H,3-13H2,1-2H3,(H2,27,39)(H,28,34)(H,29,35)(H,30,36);2-5,7,16H,6H2,1H3,(H3,15,17,19,20,21);1-2H3. The second-order valence-corrected chi connectivity index (χ2v) is 17.8. The molecule has 358 valence electrons. The van der Waals surface area contributed by atoms with Gasteiger partial charge in [-0.15, -0.1) is 0 Å². The summed E-state index contributed by atoms with van der Waals surface area (Å²) in [6.45, 7) is 8.08. The van der Waals surface area contributed by atoms with Crippen molar-refractivity contribution >= 4 is 80.3 Å². The van der Waals surface area contributed by atoms with Crippen LogP contribution in [0.4, 0.5) is 16.4 Å². The average molecular weight is 954 g/mol. The van der Waals surface area contributed by atoms with Gasteiger partial charge in [-0.3, -0.25) is 39.1 Å². The fourth-order valence-electron chi connectivity index (χ4n) is 7.11. The Labute approximate surface area is 389 Å². The van der Waals surface area contributed by atoms with E-state index in [2.05, 4.69) is 56.6 Å². The highest BCUT2D eigenvalue weighted by Gasteiger charge is 2.53. The maximum absolute atomic E-state index is 13.6. The van der Waals surface area contributed by atoms with Gasteiger partial charge in [0.1, 0.15) is 6.61 Å². The summed E-state index contributed by atoms with van der Waals surface area (Å²) in [7, 11) is 6.40. The molecule has 4 heterocycles. The van der Waals surface area contributed by atoms with Crippen LogP contribution in [0.3, 0.4) is 0 Å². The molecule has 3 unspecified atom stereocenters. The number of rotatable bonds is 21. The Kier molecular flexibility index (Phi) is 21.2. The second kappa shape index (κ2) is 26.7. The number of hydrogen-bond donors (Lipinski definition) is 9. The largest absolute Gasteiger partial charge is 0.449 e. The Hall–Kier alpha value is -6.24. The molecule has 3 aliphatic rings. The minimum absolute atomic E-state index is 0.0121. The van der Waals surface area contributed by atoms with E-state index in [9.17, 15) is 33.6 Å². The Morgan fingerprint density at radius 3 is 2.32 bits per heavy atom. The van der Waals surface area contributed by atoms with Crippen molar-refractivity contribution in [2.75, 3.05) is 76.2 Å². The van der Waals surface area contributed by atoms with E-state index in [4.69, 9.17) is 16.2 Å². The lowest BCUT2D eigenvalue weighted by atomic mass is 9.83. The number of primary amides is 1. The van der Waals surface area contributed by atoms with E-state index in [0.717, 1.165) is 5.69 Å². The van der Waals surface area contributed by atoms with E-state index in [1.165, 1.54) is 5.56 Å². The third-order valence-corrected chi connectivity index (χ3v) is 12.6. The van der Waals surface area contributed by atoms with Gasteiger partial charge in [0.25, 0.3) is 5.56 Å². The molecule has 0 spiro atoms. The molecular weight excluding hydrogens is 895 g/mol. The normalized spacial score (nSPS) is 17.2. The maximum Gasteiger partial charge on any atom is 0.404 e. The predicted octanol–water partition coefficient (Wildman–Crippen LogP) is 0.609. The molecule has 22 nitrogen and oxygen atoms in total. The minimum Gasteiger partial charge on any atom is -0.449 e. The summed E-state index contributed by atoms with van der Waals surface area (Å²) < 4.78 is 9.33. The van der Waals surface area contributed by atoms with E-state index in [1.54, 1.807) is 48.9 Å². The topological polar surface area (TPSA) is 320 Å². The van der Waals surface area contributed by atoms with Crippen LogP contribution in [0.1, 0.15) is 44.4 Å². The smallest absolute Gasteiger partial charge is 0.404 e. The lowest BCUT2D eigenvalue weighted by Crippen LogP contribution is -2.39. The van der Waals surface area contributed by atoms with Gasteiger partial charge < -0.3 is 52.4 Å². The van der Waals surface area contributed by atoms with Gasteiger partial charge in [0.05, 0.1) is 42.5 Å². The number of nitrogens with one attached hydrogen (secondary N) is 7. The van der Waals surface area contributed by atoms with E-state index in [-0.39, 0.29) is 89.8 Å². The monoisotopic (exact) mass is 953 g/mol. The number of aromatic nitrogens is 4. The highest BCUT2D eigenvalue weighted by atomic mass is 33.1. The van der Waals surface area contributed by atoms with Crippen molar-refractivity contribution in [2.24, 2.45) is 11.7 Å². The van der Waals surface area contributed by atoms with Crippen LogP contribution in [-0.4, -0.2) is 138 Å². The summed E-state index contributed by atoms with van der Waals surface area (Å²) >= 11 is 0. The zero-order chi connectivity index (χ0) is 48.2. The number of nitrogens with zero attached hydrogens (tertiary/aromatic N) is 4. The molecule has 2 aromatic heterocycles. The Morgan fingerprint density at radius 2 is 1.62 bits per heavy atom. The Balaban J connectivity index is 0.000000328. The molecule has 1 fully saturated rings. The number of ketones is 2. The lowest BCUT2D eigenvalue weighted by Gasteiger charge is -2.25. The molecule has 24 heteroatoms. The van der Waals surface area contributed by atoms with Crippen LogP contribution in [0, 0.1) is 12.8 Å². The van der Waals surface area contributed by atoms with E-state index >= 15 is 0 Å². The fourth-order valence-corrected chi connectivity index (χ4v) is 8.93. The number of hydrogen-bond acceptors (Lipinski definition) is 19. The summed E-state index contributed by atoms with van der Waals surface area (Å²) in [6, 6.07) is 7.81. The van der Waals surface area contributed by atoms with E-state index < -0.39 is 12.0 Å². The third kappa shape index (κ3) is 15.2. The first-order valence-electron chi connectivity index (χ1n) is 21.1. The summed E-state index contributed by atoms with van der Waals surface area (Å²) in [4.78, 5) is 100. The predicted molar refractivity (Wildman–Crippen MR) is 253 cm³/mol. The molecule has 1 aliphatic carbocycles. The summed E-state index contributed by atoms with van der Waals surface area (Å²) in [5.41, 5.74) is 14.9. The van der Waals surface area contributed by atoms with Crippen molar-refractivity contribution in [3.8, 4) is 0 Å². The first-order chi connectivity index (χ1) is 31.7. The molecule has 1 aromatic carbocycles. The number of aryl methyl sites for hydroxylation is 1. The van der Waals surface area contributed by atoms with Crippen molar-refractivity contribution in [1.82, 2.24) is 51.4 Å². The number of Topliss-reactive ketones (excluding diaryl/α,β-unsaturated/α-hetero) is 2.